The van der Waals surface area contributed by atoms with E-state index in [1.807, 2.05) is 13.0 Å². The molecule has 1 aromatic carbocycles. The molecule has 0 bridgehead atoms. The molecule has 1 heterocycles. The first-order valence-electron chi connectivity index (χ1n) is 6.39. The first kappa shape index (κ1) is 14.1. The van der Waals surface area contributed by atoms with Crippen molar-refractivity contribution in [2.45, 2.75) is 13.3 Å². The fourth-order valence-electron chi connectivity index (χ4n) is 1.98. The van der Waals surface area contributed by atoms with Crippen LogP contribution in [0.1, 0.15) is 11.1 Å². The number of hydrogen-bond acceptors (Lipinski definition) is 4. The minimum absolute atomic E-state index is 0.204. The van der Waals surface area contributed by atoms with E-state index < -0.39 is 0 Å². The molecule has 0 atom stereocenters. The van der Waals surface area contributed by atoms with Crippen LogP contribution in [0.3, 0.4) is 0 Å². The van der Waals surface area contributed by atoms with Crippen LogP contribution in [0.15, 0.2) is 30.3 Å². The molecule has 106 valence electrons. The van der Waals surface area contributed by atoms with Crippen LogP contribution in [0.25, 0.3) is 0 Å². The van der Waals surface area contributed by atoms with E-state index in [0.29, 0.717) is 23.9 Å². The van der Waals surface area contributed by atoms with E-state index in [0.717, 1.165) is 17.5 Å². The highest BCUT2D eigenvalue weighted by atomic mass is 19.1. The lowest BCUT2D eigenvalue weighted by atomic mass is 10.1. The van der Waals surface area contributed by atoms with Crippen molar-refractivity contribution in [3.8, 4) is 5.88 Å². The van der Waals surface area contributed by atoms with Crippen LogP contribution in [-0.2, 0) is 6.42 Å². The van der Waals surface area contributed by atoms with Gasteiger partial charge in [-0.1, -0.05) is 6.07 Å². The Hall–Kier alpha value is -2.30. The number of rotatable bonds is 5. The molecule has 0 aliphatic heterocycles. The SMILES string of the molecule is COc1nc(NCCc2ccc(F)cc2C)ccc1N. The van der Waals surface area contributed by atoms with Crippen molar-refractivity contribution in [3.05, 3.63) is 47.3 Å². The van der Waals surface area contributed by atoms with Gasteiger partial charge in [0.25, 0.3) is 0 Å². The Morgan fingerprint density at radius 3 is 2.80 bits per heavy atom. The maximum Gasteiger partial charge on any atom is 0.238 e. The van der Waals surface area contributed by atoms with E-state index in [2.05, 4.69) is 10.3 Å². The standard InChI is InChI=1S/C15H18FN3O/c1-10-9-12(16)4-3-11(10)7-8-18-14-6-5-13(17)15(19-14)20-2/h3-6,9H,7-8,17H2,1-2H3,(H,18,19). The monoisotopic (exact) mass is 275 g/mol. The van der Waals surface area contributed by atoms with Gasteiger partial charge in [0.1, 0.15) is 11.6 Å². The van der Waals surface area contributed by atoms with Gasteiger partial charge in [0.05, 0.1) is 12.8 Å². The molecule has 0 aliphatic rings. The number of pyridine rings is 1. The summed E-state index contributed by atoms with van der Waals surface area (Å²) in [5.74, 6) is 0.910. The zero-order valence-electron chi connectivity index (χ0n) is 11.6. The van der Waals surface area contributed by atoms with Gasteiger partial charge >= 0.3 is 0 Å². The minimum Gasteiger partial charge on any atom is -0.479 e. The van der Waals surface area contributed by atoms with Crippen LogP contribution >= 0.6 is 0 Å². The molecule has 2 aromatic rings. The average Bonchev–Trinajstić information content (AvgIpc) is 2.43. The second-order valence-corrected chi connectivity index (χ2v) is 4.54. The number of nitrogens with zero attached hydrogens (tertiary/aromatic N) is 1. The van der Waals surface area contributed by atoms with Gasteiger partial charge in [0.2, 0.25) is 5.88 Å². The zero-order valence-corrected chi connectivity index (χ0v) is 11.6. The fraction of sp³-hybridized carbons (Fsp3) is 0.267. The summed E-state index contributed by atoms with van der Waals surface area (Å²) < 4.78 is 18.1. The number of benzene rings is 1. The fourth-order valence-corrected chi connectivity index (χ4v) is 1.98. The third kappa shape index (κ3) is 3.38. The Morgan fingerprint density at radius 1 is 1.30 bits per heavy atom. The highest BCUT2D eigenvalue weighted by Crippen LogP contribution is 2.20. The molecule has 0 aliphatic carbocycles. The van der Waals surface area contributed by atoms with Crippen LogP contribution in [-0.4, -0.2) is 18.6 Å². The molecule has 0 saturated heterocycles. The van der Waals surface area contributed by atoms with Gasteiger partial charge < -0.3 is 15.8 Å². The van der Waals surface area contributed by atoms with Crippen molar-refractivity contribution in [1.29, 1.82) is 0 Å². The summed E-state index contributed by atoms with van der Waals surface area (Å²) in [7, 11) is 1.53. The predicted octanol–water partition coefficient (Wildman–Crippen LogP) is 2.77. The van der Waals surface area contributed by atoms with Crippen LogP contribution < -0.4 is 15.8 Å². The first-order chi connectivity index (χ1) is 9.60. The molecule has 0 radical (unpaired) electrons. The average molecular weight is 275 g/mol. The number of methoxy groups -OCH3 is 1. The molecule has 0 saturated carbocycles. The maximum atomic E-state index is 13.0. The number of ether oxygens (including phenoxy) is 1. The summed E-state index contributed by atoms with van der Waals surface area (Å²) in [5.41, 5.74) is 8.28. The summed E-state index contributed by atoms with van der Waals surface area (Å²) >= 11 is 0. The summed E-state index contributed by atoms with van der Waals surface area (Å²) in [4.78, 5) is 4.24. The predicted molar refractivity (Wildman–Crippen MR) is 78.5 cm³/mol. The Bertz CT molecular complexity index is 602. The van der Waals surface area contributed by atoms with Gasteiger partial charge in [-0.3, -0.25) is 0 Å². The lowest BCUT2D eigenvalue weighted by Gasteiger charge is -2.10. The van der Waals surface area contributed by atoms with Crippen molar-refractivity contribution in [3.63, 3.8) is 0 Å². The van der Waals surface area contributed by atoms with Crippen molar-refractivity contribution in [2.24, 2.45) is 0 Å². The molecule has 20 heavy (non-hydrogen) atoms. The van der Waals surface area contributed by atoms with Crippen LogP contribution in [0.5, 0.6) is 5.88 Å². The van der Waals surface area contributed by atoms with E-state index in [1.165, 1.54) is 13.2 Å². The Balaban J connectivity index is 1.96. The second-order valence-electron chi connectivity index (χ2n) is 4.54. The molecule has 0 fully saturated rings. The molecular formula is C15H18FN3O. The normalized spacial score (nSPS) is 10.3. The highest BCUT2D eigenvalue weighted by Gasteiger charge is 2.03. The van der Waals surface area contributed by atoms with E-state index in [9.17, 15) is 4.39 Å². The summed E-state index contributed by atoms with van der Waals surface area (Å²) in [5, 5.41) is 3.20. The van der Waals surface area contributed by atoms with Crippen LogP contribution in [0.2, 0.25) is 0 Å². The summed E-state index contributed by atoms with van der Waals surface area (Å²) in [6.45, 7) is 2.61. The first-order valence-corrected chi connectivity index (χ1v) is 6.39. The quantitative estimate of drug-likeness (QED) is 0.881. The summed E-state index contributed by atoms with van der Waals surface area (Å²) in [6.07, 6.45) is 0.792. The number of nitrogen functional groups attached to an aromatic ring is 1. The van der Waals surface area contributed by atoms with E-state index in [-0.39, 0.29) is 5.82 Å². The van der Waals surface area contributed by atoms with Gasteiger partial charge in [-0.25, -0.2) is 4.39 Å². The minimum atomic E-state index is -0.204. The van der Waals surface area contributed by atoms with Crippen molar-refractivity contribution in [1.82, 2.24) is 4.98 Å². The Morgan fingerprint density at radius 2 is 2.10 bits per heavy atom. The molecule has 0 spiro atoms. The van der Waals surface area contributed by atoms with Crippen molar-refractivity contribution < 1.29 is 9.13 Å². The number of aromatic nitrogens is 1. The van der Waals surface area contributed by atoms with Gasteiger partial charge in [-0.2, -0.15) is 4.98 Å². The molecule has 5 heteroatoms. The van der Waals surface area contributed by atoms with Crippen LogP contribution in [0, 0.1) is 12.7 Å². The van der Waals surface area contributed by atoms with E-state index >= 15 is 0 Å². The molecule has 3 N–H and O–H groups in total. The number of nitrogens with two attached hydrogens (primary N) is 1. The Kier molecular flexibility index (Phi) is 4.40. The smallest absolute Gasteiger partial charge is 0.238 e. The molecule has 1 aromatic heterocycles. The number of anilines is 2. The number of hydrogen-bond donors (Lipinski definition) is 2. The number of halogens is 1. The zero-order chi connectivity index (χ0) is 14.5. The molecule has 0 unspecified atom stereocenters. The topological polar surface area (TPSA) is 60.2 Å². The number of nitrogens with one attached hydrogen (secondary N) is 1. The summed E-state index contributed by atoms with van der Waals surface area (Å²) in [6, 6.07) is 8.38. The maximum absolute atomic E-state index is 13.0. The molecule has 4 nitrogen and oxygen atoms in total. The third-order valence-corrected chi connectivity index (χ3v) is 3.09. The Labute approximate surface area is 117 Å². The van der Waals surface area contributed by atoms with Gasteiger partial charge in [0, 0.05) is 6.54 Å². The van der Waals surface area contributed by atoms with E-state index in [1.54, 1.807) is 18.2 Å². The largest absolute Gasteiger partial charge is 0.479 e. The van der Waals surface area contributed by atoms with Crippen LogP contribution in [0.4, 0.5) is 15.9 Å². The second kappa shape index (κ2) is 6.23. The van der Waals surface area contributed by atoms with Gasteiger partial charge in [-0.15, -0.1) is 0 Å². The molecule has 2 rings (SSSR count). The lowest BCUT2D eigenvalue weighted by molar-refractivity contribution is 0.401. The van der Waals surface area contributed by atoms with Gasteiger partial charge in [0.15, 0.2) is 0 Å². The van der Waals surface area contributed by atoms with Crippen molar-refractivity contribution in [2.75, 3.05) is 24.7 Å². The highest BCUT2D eigenvalue weighted by molar-refractivity contribution is 5.53. The third-order valence-electron chi connectivity index (χ3n) is 3.09. The van der Waals surface area contributed by atoms with Gasteiger partial charge in [-0.05, 0) is 48.7 Å². The lowest BCUT2D eigenvalue weighted by Crippen LogP contribution is -2.08. The number of aryl methyl sites for hydroxylation is 1. The van der Waals surface area contributed by atoms with Crippen molar-refractivity contribution >= 4 is 11.5 Å². The molecule has 0 amide bonds. The van der Waals surface area contributed by atoms with E-state index in [4.69, 9.17) is 10.5 Å². The molecular weight excluding hydrogens is 257 g/mol.